The summed E-state index contributed by atoms with van der Waals surface area (Å²) in [5.74, 6) is 1.59. The Morgan fingerprint density at radius 3 is 2.74 bits per heavy atom. The van der Waals surface area contributed by atoms with Gasteiger partial charge in [0.05, 0.1) is 13.2 Å². The van der Waals surface area contributed by atoms with Crippen LogP contribution in [0.3, 0.4) is 0 Å². The van der Waals surface area contributed by atoms with Crippen LogP contribution in [0.25, 0.3) is 0 Å². The highest BCUT2D eigenvalue weighted by atomic mass is 16.5. The molecule has 0 saturated heterocycles. The van der Waals surface area contributed by atoms with E-state index in [4.69, 9.17) is 4.74 Å². The minimum absolute atomic E-state index is 0.0221. The van der Waals surface area contributed by atoms with Crippen LogP contribution in [0.1, 0.15) is 44.6 Å². The average Bonchev–Trinajstić information content (AvgIpc) is 2.47. The van der Waals surface area contributed by atoms with E-state index in [0.717, 1.165) is 29.5 Å². The van der Waals surface area contributed by atoms with Gasteiger partial charge in [0.1, 0.15) is 5.75 Å². The molecule has 1 aromatic rings. The van der Waals surface area contributed by atoms with E-state index in [9.17, 15) is 5.11 Å². The summed E-state index contributed by atoms with van der Waals surface area (Å²) >= 11 is 0. The van der Waals surface area contributed by atoms with Crippen molar-refractivity contribution in [3.8, 4) is 5.75 Å². The molecule has 0 spiro atoms. The molecule has 0 atom stereocenters. The zero-order chi connectivity index (χ0) is 13.5. The number of ether oxygens (including phenoxy) is 1. The molecule has 0 amide bonds. The maximum atomic E-state index is 9.38. The zero-order valence-corrected chi connectivity index (χ0v) is 11.8. The van der Waals surface area contributed by atoms with Crippen molar-refractivity contribution in [2.24, 2.45) is 5.92 Å². The summed E-state index contributed by atoms with van der Waals surface area (Å²) in [5.41, 5.74) is 1.94. The van der Waals surface area contributed by atoms with E-state index in [-0.39, 0.29) is 6.61 Å². The van der Waals surface area contributed by atoms with Crippen molar-refractivity contribution in [1.82, 2.24) is 0 Å². The van der Waals surface area contributed by atoms with Crippen molar-refractivity contribution in [1.29, 1.82) is 0 Å². The molecule has 0 bridgehead atoms. The van der Waals surface area contributed by atoms with Crippen molar-refractivity contribution in [2.75, 3.05) is 18.5 Å². The maximum Gasteiger partial charge on any atom is 0.124 e. The van der Waals surface area contributed by atoms with Gasteiger partial charge in [-0.1, -0.05) is 19.3 Å². The Labute approximate surface area is 116 Å². The smallest absolute Gasteiger partial charge is 0.124 e. The summed E-state index contributed by atoms with van der Waals surface area (Å²) in [5, 5.41) is 12.9. The molecule has 0 aliphatic heterocycles. The van der Waals surface area contributed by atoms with Gasteiger partial charge in [-0.3, -0.25) is 0 Å². The summed E-state index contributed by atoms with van der Waals surface area (Å²) in [6, 6.07) is 5.97. The van der Waals surface area contributed by atoms with Gasteiger partial charge in [-0.15, -0.1) is 0 Å². The molecule has 2 rings (SSSR count). The normalized spacial score (nSPS) is 16.3. The fraction of sp³-hybridized carbons (Fsp3) is 0.625. The van der Waals surface area contributed by atoms with E-state index in [0.29, 0.717) is 6.61 Å². The van der Waals surface area contributed by atoms with Crippen LogP contribution in [0, 0.1) is 5.92 Å². The van der Waals surface area contributed by atoms with E-state index in [2.05, 4.69) is 5.32 Å². The Hall–Kier alpha value is -1.22. The van der Waals surface area contributed by atoms with E-state index < -0.39 is 0 Å². The van der Waals surface area contributed by atoms with Gasteiger partial charge in [-0.2, -0.15) is 0 Å². The summed E-state index contributed by atoms with van der Waals surface area (Å²) in [6.07, 6.45) is 6.83. The quantitative estimate of drug-likeness (QED) is 0.824. The van der Waals surface area contributed by atoms with Crippen LogP contribution in [0.15, 0.2) is 18.2 Å². The van der Waals surface area contributed by atoms with Crippen molar-refractivity contribution in [2.45, 2.75) is 45.6 Å². The van der Waals surface area contributed by atoms with Crippen molar-refractivity contribution in [3.63, 3.8) is 0 Å². The number of nitrogens with one attached hydrogen (secondary N) is 1. The van der Waals surface area contributed by atoms with Crippen molar-refractivity contribution >= 4 is 5.69 Å². The van der Waals surface area contributed by atoms with Gasteiger partial charge in [-0.05, 0) is 43.9 Å². The minimum Gasteiger partial charge on any atom is -0.494 e. The molecule has 2 N–H and O–H groups in total. The molecule has 0 radical (unpaired) electrons. The molecule has 19 heavy (non-hydrogen) atoms. The second-order valence-electron chi connectivity index (χ2n) is 5.30. The SMILES string of the molecule is CCOc1ccc(NCC2CCCCC2)cc1CO. The lowest BCUT2D eigenvalue weighted by atomic mass is 9.89. The Kier molecular flexibility index (Phi) is 5.52. The van der Waals surface area contributed by atoms with E-state index in [1.54, 1.807) is 0 Å². The lowest BCUT2D eigenvalue weighted by molar-refractivity contribution is 0.267. The predicted octanol–water partition coefficient (Wildman–Crippen LogP) is 3.57. The van der Waals surface area contributed by atoms with Crippen molar-refractivity contribution in [3.05, 3.63) is 23.8 Å². The third kappa shape index (κ3) is 4.13. The molecule has 1 aliphatic rings. The number of hydrogen-bond donors (Lipinski definition) is 2. The van der Waals surface area contributed by atoms with Crippen LogP contribution in [0.4, 0.5) is 5.69 Å². The van der Waals surface area contributed by atoms with E-state index in [1.807, 2.05) is 25.1 Å². The molecule has 1 fully saturated rings. The van der Waals surface area contributed by atoms with Crippen LogP contribution >= 0.6 is 0 Å². The fourth-order valence-electron chi connectivity index (χ4n) is 2.76. The molecular formula is C16H25NO2. The van der Waals surface area contributed by atoms with Gasteiger partial charge < -0.3 is 15.2 Å². The molecule has 1 aliphatic carbocycles. The van der Waals surface area contributed by atoms with Crippen LogP contribution in [0.2, 0.25) is 0 Å². The Morgan fingerprint density at radius 1 is 1.26 bits per heavy atom. The van der Waals surface area contributed by atoms with Crippen LogP contribution < -0.4 is 10.1 Å². The lowest BCUT2D eigenvalue weighted by Gasteiger charge is -2.22. The van der Waals surface area contributed by atoms with E-state index >= 15 is 0 Å². The largest absolute Gasteiger partial charge is 0.494 e. The van der Waals surface area contributed by atoms with Crippen LogP contribution in [0.5, 0.6) is 5.75 Å². The fourth-order valence-corrected chi connectivity index (χ4v) is 2.76. The van der Waals surface area contributed by atoms with Crippen LogP contribution in [-0.4, -0.2) is 18.3 Å². The minimum atomic E-state index is 0.0221. The maximum absolute atomic E-state index is 9.38. The number of hydrogen-bond acceptors (Lipinski definition) is 3. The molecule has 0 unspecified atom stereocenters. The summed E-state index contributed by atoms with van der Waals surface area (Å²) in [6.45, 7) is 3.64. The third-order valence-electron chi connectivity index (χ3n) is 3.85. The molecule has 1 aromatic carbocycles. The van der Waals surface area contributed by atoms with Gasteiger partial charge in [-0.25, -0.2) is 0 Å². The average molecular weight is 263 g/mol. The second-order valence-corrected chi connectivity index (χ2v) is 5.30. The van der Waals surface area contributed by atoms with E-state index in [1.165, 1.54) is 32.1 Å². The topological polar surface area (TPSA) is 41.5 Å². The molecular weight excluding hydrogens is 238 g/mol. The molecule has 3 nitrogen and oxygen atoms in total. The Balaban J connectivity index is 1.92. The first-order chi connectivity index (χ1) is 9.33. The first-order valence-corrected chi connectivity index (χ1v) is 7.44. The first kappa shape index (κ1) is 14.2. The standard InChI is InChI=1S/C16H25NO2/c1-2-19-16-9-8-15(10-14(16)12-18)17-11-13-6-4-3-5-7-13/h8-10,13,17-18H,2-7,11-12H2,1H3. The van der Waals surface area contributed by atoms with Gasteiger partial charge in [0, 0.05) is 17.8 Å². The second kappa shape index (κ2) is 7.39. The molecule has 0 aromatic heterocycles. The lowest BCUT2D eigenvalue weighted by Crippen LogP contribution is -2.17. The third-order valence-corrected chi connectivity index (χ3v) is 3.85. The highest BCUT2D eigenvalue weighted by Gasteiger charge is 2.13. The van der Waals surface area contributed by atoms with Crippen LogP contribution in [-0.2, 0) is 6.61 Å². The van der Waals surface area contributed by atoms with Gasteiger partial charge >= 0.3 is 0 Å². The highest BCUT2D eigenvalue weighted by molar-refractivity contribution is 5.51. The number of aliphatic hydroxyl groups is 1. The zero-order valence-electron chi connectivity index (χ0n) is 11.8. The number of aliphatic hydroxyl groups excluding tert-OH is 1. The number of rotatable bonds is 6. The summed E-state index contributed by atoms with van der Waals surface area (Å²) < 4.78 is 5.49. The van der Waals surface area contributed by atoms with Gasteiger partial charge in [0.2, 0.25) is 0 Å². The molecule has 0 heterocycles. The Morgan fingerprint density at radius 2 is 2.05 bits per heavy atom. The molecule has 106 valence electrons. The highest BCUT2D eigenvalue weighted by Crippen LogP contribution is 2.26. The molecule has 3 heteroatoms. The van der Waals surface area contributed by atoms with Gasteiger partial charge in [0.15, 0.2) is 0 Å². The first-order valence-electron chi connectivity index (χ1n) is 7.44. The number of anilines is 1. The van der Waals surface area contributed by atoms with Crippen molar-refractivity contribution < 1.29 is 9.84 Å². The Bertz CT molecular complexity index is 386. The number of benzene rings is 1. The summed E-state index contributed by atoms with van der Waals surface area (Å²) in [7, 11) is 0. The summed E-state index contributed by atoms with van der Waals surface area (Å²) in [4.78, 5) is 0. The van der Waals surface area contributed by atoms with Gasteiger partial charge in [0.25, 0.3) is 0 Å². The predicted molar refractivity (Wildman–Crippen MR) is 78.6 cm³/mol. The monoisotopic (exact) mass is 263 g/mol. The molecule has 1 saturated carbocycles.